The third-order valence-corrected chi connectivity index (χ3v) is 15.3. The van der Waals surface area contributed by atoms with E-state index in [1.807, 2.05) is 0 Å². The van der Waals surface area contributed by atoms with Crippen LogP contribution in [0.1, 0.15) is 62.4 Å². The van der Waals surface area contributed by atoms with Crippen LogP contribution in [0.3, 0.4) is 0 Å². The summed E-state index contributed by atoms with van der Waals surface area (Å²) in [5, 5.41) is 3.80. The Hall–Kier alpha value is -6.04. The quantitative estimate of drug-likeness (QED) is 0.126. The van der Waals surface area contributed by atoms with E-state index < -0.39 is 13.7 Å². The minimum Gasteiger partial charge on any atom is -0.455 e. The normalized spacial score (nSPS) is 15.7. The van der Waals surface area contributed by atoms with E-state index in [-0.39, 0.29) is 5.41 Å². The Bertz CT molecular complexity index is 3240. The summed E-state index contributed by atoms with van der Waals surface area (Å²) in [5.41, 5.74) is 17.3. The first-order chi connectivity index (χ1) is 28.8. The maximum Gasteiger partial charge on any atom is 0.364 e. The predicted octanol–water partition coefficient (Wildman–Crippen LogP) is 12.4. The molecule has 5 heterocycles. The molecular weight excluding hydrogens is 747 g/mol. The predicted molar refractivity (Wildman–Crippen MR) is 250 cm³/mol. The fraction of sp³-hybridized carbons (Fsp3) is 0.236. The number of pyridine rings is 1. The number of rotatable bonds is 5. The Morgan fingerprint density at radius 3 is 2.23 bits per heavy atom. The Balaban J connectivity index is 1.37. The van der Waals surface area contributed by atoms with Crippen molar-refractivity contribution in [3.05, 3.63) is 167 Å². The number of hydrogen-bond donors (Lipinski definition) is 0. The smallest absolute Gasteiger partial charge is 0.364 e. The molecule has 0 saturated carbocycles. The molecule has 2 aliphatic heterocycles. The van der Waals surface area contributed by atoms with E-state index in [1.165, 1.54) is 60.9 Å². The summed E-state index contributed by atoms with van der Waals surface area (Å²) in [4.78, 5) is 0. The molecule has 11 rings (SSSR count). The van der Waals surface area contributed by atoms with Crippen molar-refractivity contribution in [3.63, 3.8) is 0 Å². The number of fused-ring (bicyclic) bond motifs is 16. The fourth-order valence-electron chi connectivity index (χ4n) is 10.6. The third-order valence-electron chi connectivity index (χ3n) is 13.2. The molecule has 296 valence electrons. The second-order valence-electron chi connectivity index (χ2n) is 19.8. The third kappa shape index (κ3) is 5.08. The molecular formula is C55H53N3OSi+2. The number of imidazole rings is 1. The standard InChI is InChI=1S/C55H53N3OSi/c1-34(2)29-37-31-48-42-30-35(3)23-26-43(42)55(56(48)33-50(37)60(7,8)9)44-27-25-40-39-19-13-16-22-49(39)59-52(40)51(44)53-57(46-20-14-15-21-47(46)58(53)55)45-28-24-38(54(4,5)6)32-41(45)36-17-11-10-12-18-36/h10-28,30-34H,29H2,1-9H3/q+2. The van der Waals surface area contributed by atoms with Crippen LogP contribution in [0.2, 0.25) is 19.6 Å². The number of aromatic nitrogens is 3. The van der Waals surface area contributed by atoms with E-state index in [9.17, 15) is 0 Å². The van der Waals surface area contributed by atoms with Gasteiger partial charge in [-0.1, -0.05) is 133 Å². The van der Waals surface area contributed by atoms with Gasteiger partial charge in [-0.2, -0.15) is 4.57 Å². The zero-order valence-electron chi connectivity index (χ0n) is 36.3. The Kier molecular flexibility index (Phi) is 7.85. The highest BCUT2D eigenvalue weighted by Crippen LogP contribution is 2.53. The van der Waals surface area contributed by atoms with Gasteiger partial charge in [0, 0.05) is 27.6 Å². The highest BCUT2D eigenvalue weighted by atomic mass is 28.3. The van der Waals surface area contributed by atoms with E-state index in [1.54, 1.807) is 0 Å². The SMILES string of the molecule is Cc1ccc2c(c1)-c1cc(CC(C)C)c([Si](C)(C)C)c[n+]1C21c2ccc3c(oc4ccccc43)c2-c2n(-c3ccc(C(C)(C)C)cc3-c3ccccc3)c3ccccc3[n+]21. The van der Waals surface area contributed by atoms with Crippen molar-refractivity contribution in [1.29, 1.82) is 0 Å². The summed E-state index contributed by atoms with van der Waals surface area (Å²) in [5.74, 6) is 1.68. The fourth-order valence-corrected chi connectivity index (χ4v) is 12.2. The molecule has 4 nitrogen and oxygen atoms in total. The molecule has 0 bridgehead atoms. The average molecular weight is 800 g/mol. The van der Waals surface area contributed by atoms with Crippen LogP contribution < -0.4 is 14.3 Å². The van der Waals surface area contributed by atoms with E-state index >= 15 is 0 Å². The first-order valence-corrected chi connectivity index (χ1v) is 25.2. The molecule has 9 aromatic rings. The largest absolute Gasteiger partial charge is 0.455 e. The van der Waals surface area contributed by atoms with Crippen molar-refractivity contribution in [2.24, 2.45) is 5.92 Å². The zero-order valence-corrected chi connectivity index (χ0v) is 37.3. The molecule has 1 unspecified atom stereocenters. The molecule has 0 radical (unpaired) electrons. The summed E-state index contributed by atoms with van der Waals surface area (Å²) in [6.07, 6.45) is 3.64. The lowest BCUT2D eigenvalue weighted by molar-refractivity contribution is -0.944. The van der Waals surface area contributed by atoms with Crippen LogP contribution in [-0.4, -0.2) is 12.6 Å². The van der Waals surface area contributed by atoms with E-state index in [0.29, 0.717) is 5.92 Å². The van der Waals surface area contributed by atoms with Gasteiger partial charge >= 0.3 is 11.5 Å². The molecule has 1 spiro atoms. The monoisotopic (exact) mass is 799 g/mol. The van der Waals surface area contributed by atoms with Crippen LogP contribution in [0, 0.1) is 12.8 Å². The molecule has 1 atom stereocenters. The van der Waals surface area contributed by atoms with Gasteiger partial charge in [0.25, 0.3) is 0 Å². The van der Waals surface area contributed by atoms with Crippen molar-refractivity contribution in [2.75, 3.05) is 0 Å². The first-order valence-electron chi connectivity index (χ1n) is 21.7. The van der Waals surface area contributed by atoms with E-state index in [4.69, 9.17) is 4.42 Å². The second kappa shape index (κ2) is 12.7. The average Bonchev–Trinajstić information content (AvgIpc) is 3.93. The summed E-state index contributed by atoms with van der Waals surface area (Å²) in [6.45, 7) is 21.4. The van der Waals surface area contributed by atoms with Gasteiger partial charge in [-0.15, -0.1) is 9.13 Å². The first kappa shape index (κ1) is 37.0. The Morgan fingerprint density at radius 1 is 0.733 bits per heavy atom. The minimum atomic E-state index is -1.84. The number of hydrogen-bond acceptors (Lipinski definition) is 1. The number of furan rings is 1. The maximum atomic E-state index is 7.13. The van der Waals surface area contributed by atoms with Gasteiger partial charge in [0.1, 0.15) is 16.8 Å². The van der Waals surface area contributed by atoms with Gasteiger partial charge in [0.05, 0.1) is 24.8 Å². The van der Waals surface area contributed by atoms with E-state index in [2.05, 4.69) is 215 Å². The van der Waals surface area contributed by atoms with Crippen molar-refractivity contribution < 1.29 is 13.6 Å². The summed E-state index contributed by atoms with van der Waals surface area (Å²) in [7, 11) is -1.84. The molecule has 0 amide bonds. The van der Waals surface area contributed by atoms with Crippen LogP contribution in [0.4, 0.5) is 0 Å². The van der Waals surface area contributed by atoms with Crippen LogP contribution in [0.5, 0.6) is 0 Å². The van der Waals surface area contributed by atoms with Crippen LogP contribution in [-0.2, 0) is 17.5 Å². The molecule has 2 aliphatic rings. The zero-order chi connectivity index (χ0) is 41.5. The van der Waals surface area contributed by atoms with E-state index in [0.717, 1.165) is 51.0 Å². The molecule has 3 aromatic heterocycles. The highest BCUT2D eigenvalue weighted by molar-refractivity contribution is 6.89. The number of nitrogens with zero attached hydrogens (tertiary/aromatic N) is 3. The number of aryl methyl sites for hydroxylation is 1. The topological polar surface area (TPSA) is 25.8 Å². The van der Waals surface area contributed by atoms with Gasteiger partial charge in [0.2, 0.25) is 5.69 Å². The maximum absolute atomic E-state index is 7.13. The molecule has 0 aliphatic carbocycles. The molecule has 0 saturated heterocycles. The minimum absolute atomic E-state index is 0.0247. The highest BCUT2D eigenvalue weighted by Gasteiger charge is 2.67. The van der Waals surface area contributed by atoms with Gasteiger partial charge in [-0.05, 0) is 96.0 Å². The van der Waals surface area contributed by atoms with Crippen LogP contribution >= 0.6 is 0 Å². The lowest BCUT2D eigenvalue weighted by atomic mass is 9.85. The van der Waals surface area contributed by atoms with Crippen molar-refractivity contribution in [1.82, 2.24) is 4.57 Å². The molecule has 0 fully saturated rings. The number of para-hydroxylation sites is 3. The number of benzene rings is 6. The van der Waals surface area contributed by atoms with Crippen LogP contribution in [0.25, 0.3) is 72.4 Å². The molecule has 6 aromatic carbocycles. The second-order valence-corrected chi connectivity index (χ2v) is 24.9. The Morgan fingerprint density at radius 2 is 1.47 bits per heavy atom. The summed E-state index contributed by atoms with van der Waals surface area (Å²) in [6, 6.07) is 50.2. The summed E-state index contributed by atoms with van der Waals surface area (Å²) >= 11 is 0. The van der Waals surface area contributed by atoms with Crippen molar-refractivity contribution in [3.8, 4) is 39.5 Å². The lowest BCUT2D eigenvalue weighted by Crippen LogP contribution is -2.72. The van der Waals surface area contributed by atoms with Gasteiger partial charge in [-0.3, -0.25) is 0 Å². The molecule has 0 N–H and O–H groups in total. The Labute approximate surface area is 354 Å². The van der Waals surface area contributed by atoms with Crippen LogP contribution in [0.15, 0.2) is 144 Å². The molecule has 60 heavy (non-hydrogen) atoms. The van der Waals surface area contributed by atoms with Crippen molar-refractivity contribution in [2.45, 2.75) is 78.7 Å². The van der Waals surface area contributed by atoms with Gasteiger partial charge < -0.3 is 4.42 Å². The summed E-state index contributed by atoms with van der Waals surface area (Å²) < 4.78 is 15.0. The lowest BCUT2D eigenvalue weighted by Gasteiger charge is -2.24. The van der Waals surface area contributed by atoms with Gasteiger partial charge in [0.15, 0.2) is 22.8 Å². The molecule has 5 heteroatoms. The van der Waals surface area contributed by atoms with Crippen molar-refractivity contribution >= 4 is 46.2 Å². The van der Waals surface area contributed by atoms with Gasteiger partial charge in [-0.25, -0.2) is 0 Å².